The first-order valence-corrected chi connectivity index (χ1v) is 8.27. The summed E-state index contributed by atoms with van der Waals surface area (Å²) in [5.41, 5.74) is 0.298. The molecule has 0 fully saturated rings. The molecule has 2 aromatic rings. The lowest BCUT2D eigenvalue weighted by atomic mass is 10.1. The van der Waals surface area contributed by atoms with Gasteiger partial charge in [0.05, 0.1) is 11.0 Å². The van der Waals surface area contributed by atoms with Crippen LogP contribution in [-0.4, -0.2) is 13.8 Å². The molecule has 0 N–H and O–H groups in total. The van der Waals surface area contributed by atoms with Crippen LogP contribution in [0, 0.1) is 11.6 Å². The molecular weight excluding hydrogens is 294 g/mol. The number of aromatic nitrogens is 2. The minimum atomic E-state index is -1.31. The lowest BCUT2D eigenvalue weighted by molar-refractivity contribution is 0.566. The first kappa shape index (κ1) is 15.8. The number of rotatable bonds is 6. The van der Waals surface area contributed by atoms with E-state index in [4.69, 9.17) is 0 Å². The zero-order chi connectivity index (χ0) is 15.4. The second kappa shape index (κ2) is 6.93. The highest BCUT2D eigenvalue weighted by Gasteiger charge is 2.22. The summed E-state index contributed by atoms with van der Waals surface area (Å²) >= 11 is 0. The van der Waals surface area contributed by atoms with E-state index in [1.54, 1.807) is 6.20 Å². The molecule has 0 aliphatic rings. The molecule has 21 heavy (non-hydrogen) atoms. The highest BCUT2D eigenvalue weighted by atomic mass is 32.2. The summed E-state index contributed by atoms with van der Waals surface area (Å²) < 4.78 is 41.3. The summed E-state index contributed by atoms with van der Waals surface area (Å²) in [5.74, 6) is -0.292. The maximum Gasteiger partial charge on any atom is 0.130 e. The third-order valence-electron chi connectivity index (χ3n) is 3.41. The van der Waals surface area contributed by atoms with Crippen molar-refractivity contribution in [1.82, 2.24) is 9.55 Å². The van der Waals surface area contributed by atoms with Gasteiger partial charge < -0.3 is 4.57 Å². The Balaban J connectivity index is 2.22. The van der Waals surface area contributed by atoms with Crippen molar-refractivity contribution in [2.24, 2.45) is 0 Å². The number of nitrogens with zero attached hydrogens (tertiary/aromatic N) is 2. The van der Waals surface area contributed by atoms with Crippen LogP contribution in [0.5, 0.6) is 0 Å². The van der Waals surface area contributed by atoms with Crippen molar-refractivity contribution in [2.75, 3.05) is 0 Å². The van der Waals surface area contributed by atoms with Gasteiger partial charge in [-0.1, -0.05) is 13.0 Å². The highest BCUT2D eigenvalue weighted by Crippen LogP contribution is 2.28. The Labute approximate surface area is 125 Å². The number of halogens is 2. The standard InChI is InChI=1S/C15H18F2N2OS/c1-3-14(12-6-5-11(16)9-13(12)17)21(20)10-15-18-7-8-19(15)4-2/h5-9,14H,3-4,10H2,1-2H3/t14-,21-/m0/s1. The van der Waals surface area contributed by atoms with Crippen LogP contribution in [0.4, 0.5) is 8.78 Å². The number of hydrogen-bond acceptors (Lipinski definition) is 2. The fraction of sp³-hybridized carbons (Fsp3) is 0.400. The molecule has 0 bridgehead atoms. The Morgan fingerprint density at radius 3 is 2.71 bits per heavy atom. The number of hydrogen-bond donors (Lipinski definition) is 0. The Kier molecular flexibility index (Phi) is 5.22. The first-order chi connectivity index (χ1) is 10.1. The van der Waals surface area contributed by atoms with Gasteiger partial charge in [0, 0.05) is 41.4 Å². The number of benzene rings is 1. The van der Waals surface area contributed by atoms with Crippen molar-refractivity contribution in [2.45, 2.75) is 37.8 Å². The van der Waals surface area contributed by atoms with E-state index in [0.717, 1.165) is 18.4 Å². The molecule has 0 aliphatic carbocycles. The third-order valence-corrected chi connectivity index (χ3v) is 5.18. The summed E-state index contributed by atoms with van der Waals surface area (Å²) in [6.45, 7) is 4.57. The van der Waals surface area contributed by atoms with Gasteiger partial charge in [-0.2, -0.15) is 0 Å². The Hall–Kier alpha value is -1.56. The smallest absolute Gasteiger partial charge is 0.130 e. The van der Waals surface area contributed by atoms with E-state index in [1.165, 1.54) is 12.1 Å². The van der Waals surface area contributed by atoms with Gasteiger partial charge in [0.15, 0.2) is 0 Å². The van der Waals surface area contributed by atoms with E-state index in [0.29, 0.717) is 12.0 Å². The predicted octanol–water partition coefficient (Wildman–Crippen LogP) is 3.58. The molecule has 0 aliphatic heterocycles. The average molecular weight is 312 g/mol. The molecule has 1 aromatic carbocycles. The summed E-state index contributed by atoms with van der Waals surface area (Å²) in [7, 11) is -1.31. The van der Waals surface area contributed by atoms with Gasteiger partial charge in [-0.05, 0) is 19.4 Å². The highest BCUT2D eigenvalue weighted by molar-refractivity contribution is 7.84. The maximum absolute atomic E-state index is 13.9. The number of aryl methyl sites for hydroxylation is 1. The van der Waals surface area contributed by atoms with Crippen molar-refractivity contribution in [1.29, 1.82) is 0 Å². The van der Waals surface area contributed by atoms with E-state index < -0.39 is 27.7 Å². The van der Waals surface area contributed by atoms with Gasteiger partial charge in [0.2, 0.25) is 0 Å². The molecule has 3 nitrogen and oxygen atoms in total. The van der Waals surface area contributed by atoms with Crippen LogP contribution in [0.15, 0.2) is 30.6 Å². The summed E-state index contributed by atoms with van der Waals surface area (Å²) in [6, 6.07) is 3.41. The first-order valence-electron chi connectivity index (χ1n) is 6.88. The Bertz CT molecular complexity index is 642. The minimum Gasteiger partial charge on any atom is -0.334 e. The zero-order valence-electron chi connectivity index (χ0n) is 12.1. The molecule has 114 valence electrons. The fourth-order valence-corrected chi connectivity index (χ4v) is 3.85. The van der Waals surface area contributed by atoms with Crippen LogP contribution in [0.25, 0.3) is 0 Å². The normalized spacial score (nSPS) is 14.1. The molecule has 0 saturated heterocycles. The van der Waals surface area contributed by atoms with Gasteiger partial charge in [-0.25, -0.2) is 13.8 Å². The van der Waals surface area contributed by atoms with Gasteiger partial charge in [-0.15, -0.1) is 0 Å². The minimum absolute atomic E-state index is 0.260. The van der Waals surface area contributed by atoms with E-state index in [1.807, 2.05) is 24.6 Å². The van der Waals surface area contributed by atoms with E-state index in [-0.39, 0.29) is 5.75 Å². The zero-order valence-corrected chi connectivity index (χ0v) is 12.9. The maximum atomic E-state index is 13.9. The van der Waals surface area contributed by atoms with Crippen LogP contribution >= 0.6 is 0 Å². The van der Waals surface area contributed by atoms with Crippen LogP contribution in [0.1, 0.15) is 36.9 Å². The second-order valence-corrected chi connectivity index (χ2v) is 6.34. The molecule has 6 heteroatoms. The lowest BCUT2D eigenvalue weighted by Gasteiger charge is -2.16. The largest absolute Gasteiger partial charge is 0.334 e. The van der Waals surface area contributed by atoms with Crippen LogP contribution in [0.3, 0.4) is 0 Å². The molecule has 0 spiro atoms. The third kappa shape index (κ3) is 3.56. The van der Waals surface area contributed by atoms with Crippen molar-refractivity contribution in [3.63, 3.8) is 0 Å². The quantitative estimate of drug-likeness (QED) is 0.817. The molecule has 1 aromatic heterocycles. The van der Waals surface area contributed by atoms with Crippen LogP contribution in [-0.2, 0) is 23.1 Å². The molecule has 2 rings (SSSR count). The van der Waals surface area contributed by atoms with Gasteiger partial charge >= 0.3 is 0 Å². The molecule has 0 unspecified atom stereocenters. The van der Waals surface area contributed by atoms with Gasteiger partial charge in [0.25, 0.3) is 0 Å². The van der Waals surface area contributed by atoms with Crippen molar-refractivity contribution >= 4 is 10.8 Å². The summed E-state index contributed by atoms with van der Waals surface area (Å²) in [6.07, 6.45) is 4.00. The van der Waals surface area contributed by atoms with Crippen molar-refractivity contribution < 1.29 is 13.0 Å². The van der Waals surface area contributed by atoms with Crippen LogP contribution < -0.4 is 0 Å². The van der Waals surface area contributed by atoms with E-state index in [9.17, 15) is 13.0 Å². The topological polar surface area (TPSA) is 34.9 Å². The monoisotopic (exact) mass is 312 g/mol. The molecule has 1 heterocycles. The Morgan fingerprint density at radius 1 is 1.33 bits per heavy atom. The van der Waals surface area contributed by atoms with Gasteiger partial charge in [-0.3, -0.25) is 4.21 Å². The predicted molar refractivity (Wildman–Crippen MR) is 79.1 cm³/mol. The second-order valence-electron chi connectivity index (χ2n) is 4.72. The molecule has 0 radical (unpaired) electrons. The lowest BCUT2D eigenvalue weighted by Crippen LogP contribution is -2.13. The van der Waals surface area contributed by atoms with E-state index >= 15 is 0 Å². The molecule has 0 saturated carbocycles. The molecule has 0 amide bonds. The van der Waals surface area contributed by atoms with Crippen molar-refractivity contribution in [3.05, 3.63) is 53.6 Å². The SMILES string of the molecule is CC[C@@H](c1ccc(F)cc1F)[S@@](=O)Cc1nccn1CC. The summed E-state index contributed by atoms with van der Waals surface area (Å²) in [4.78, 5) is 4.19. The van der Waals surface area contributed by atoms with Gasteiger partial charge in [0.1, 0.15) is 17.5 Å². The number of imidazole rings is 1. The summed E-state index contributed by atoms with van der Waals surface area (Å²) in [5, 5.41) is -0.465. The average Bonchev–Trinajstić information content (AvgIpc) is 2.89. The molecular formula is C15H18F2N2OS. The van der Waals surface area contributed by atoms with Crippen molar-refractivity contribution in [3.8, 4) is 0 Å². The Morgan fingerprint density at radius 2 is 2.10 bits per heavy atom. The van der Waals surface area contributed by atoms with E-state index in [2.05, 4.69) is 4.98 Å². The fourth-order valence-electron chi connectivity index (χ4n) is 2.31. The molecule has 2 atom stereocenters. The van der Waals surface area contributed by atoms with Crippen LogP contribution in [0.2, 0.25) is 0 Å².